The zero-order valence-corrected chi connectivity index (χ0v) is 7.85. The summed E-state index contributed by atoms with van der Waals surface area (Å²) in [5.74, 6) is 2.74. The Morgan fingerprint density at radius 2 is 2.00 bits per heavy atom. The minimum absolute atomic E-state index is 0.447. The van der Waals surface area contributed by atoms with Crippen molar-refractivity contribution in [1.29, 1.82) is 0 Å². The van der Waals surface area contributed by atoms with E-state index in [9.17, 15) is 0 Å². The molecule has 0 aliphatic heterocycles. The molecule has 0 amide bonds. The summed E-state index contributed by atoms with van der Waals surface area (Å²) in [6.45, 7) is 11.4. The smallest absolute Gasteiger partial charge is 0.0114 e. The maximum Gasteiger partial charge on any atom is -0.0114 e. The normalized spacial score (nSPS) is 46.8. The molecule has 2 rings (SSSR count). The Morgan fingerprint density at radius 3 is 2.36 bits per heavy atom. The van der Waals surface area contributed by atoms with Crippen LogP contribution in [0.2, 0.25) is 0 Å². The summed E-state index contributed by atoms with van der Waals surface area (Å²) >= 11 is 0. The molecule has 0 nitrogen and oxygen atoms in total. The Balaban J connectivity index is 2.34. The predicted octanol–water partition coefficient (Wildman–Crippen LogP) is 3.24. The van der Waals surface area contributed by atoms with Gasteiger partial charge >= 0.3 is 0 Å². The highest BCUT2D eigenvalue weighted by atomic mass is 14.6. The van der Waals surface area contributed by atoms with Crippen LogP contribution in [-0.4, -0.2) is 0 Å². The second-order valence-electron chi connectivity index (χ2n) is 5.00. The molecule has 62 valence electrons. The van der Waals surface area contributed by atoms with Crippen LogP contribution in [0.4, 0.5) is 0 Å². The number of allylic oxidation sites excluding steroid dienone is 1. The van der Waals surface area contributed by atoms with E-state index in [1.807, 2.05) is 0 Å². The lowest BCUT2D eigenvalue weighted by Gasteiger charge is -2.36. The first-order chi connectivity index (χ1) is 5.03. The van der Waals surface area contributed by atoms with E-state index in [2.05, 4.69) is 27.4 Å². The molecule has 2 aliphatic rings. The highest BCUT2D eigenvalue weighted by Gasteiger charge is 2.51. The van der Waals surface area contributed by atoms with Crippen LogP contribution in [0.5, 0.6) is 0 Å². The maximum atomic E-state index is 4.22. The molecule has 2 aliphatic carbocycles. The van der Waals surface area contributed by atoms with E-state index >= 15 is 0 Å². The zero-order chi connectivity index (χ0) is 8.22. The molecule has 0 aromatic rings. The van der Waals surface area contributed by atoms with Crippen LogP contribution in [-0.2, 0) is 0 Å². The lowest BCUT2D eigenvalue weighted by molar-refractivity contribution is 0.220. The fraction of sp³-hybridized carbons (Fsp3) is 0.818. The molecular weight excluding hydrogens is 132 g/mol. The zero-order valence-electron chi connectivity index (χ0n) is 7.85. The average Bonchev–Trinajstić information content (AvgIpc) is 2.35. The summed E-state index contributed by atoms with van der Waals surface area (Å²) in [6.07, 6.45) is 2.83. The van der Waals surface area contributed by atoms with E-state index in [1.165, 1.54) is 18.4 Å². The molecule has 0 N–H and O–H groups in total. The van der Waals surface area contributed by atoms with Gasteiger partial charge in [0, 0.05) is 0 Å². The molecule has 3 unspecified atom stereocenters. The highest BCUT2D eigenvalue weighted by Crippen LogP contribution is 2.60. The summed E-state index contributed by atoms with van der Waals surface area (Å²) in [4.78, 5) is 0. The van der Waals surface area contributed by atoms with Crippen LogP contribution in [0.3, 0.4) is 0 Å². The topological polar surface area (TPSA) is 0 Å². The molecule has 3 atom stereocenters. The fourth-order valence-corrected chi connectivity index (χ4v) is 3.30. The third kappa shape index (κ3) is 0.758. The predicted molar refractivity (Wildman–Crippen MR) is 48.3 cm³/mol. The molecule has 0 aromatic carbocycles. The van der Waals surface area contributed by atoms with Gasteiger partial charge in [0.25, 0.3) is 0 Å². The Labute approximate surface area is 69.7 Å². The van der Waals surface area contributed by atoms with Gasteiger partial charge in [-0.25, -0.2) is 0 Å². The van der Waals surface area contributed by atoms with Gasteiger partial charge in [0.2, 0.25) is 0 Å². The van der Waals surface area contributed by atoms with Crippen LogP contribution in [0.1, 0.15) is 33.6 Å². The summed E-state index contributed by atoms with van der Waals surface area (Å²) < 4.78 is 0. The molecule has 2 fully saturated rings. The third-order valence-electron chi connectivity index (χ3n) is 4.13. The van der Waals surface area contributed by atoms with Gasteiger partial charge in [-0.05, 0) is 36.0 Å². The van der Waals surface area contributed by atoms with Gasteiger partial charge in [0.1, 0.15) is 0 Å². The van der Waals surface area contributed by atoms with Gasteiger partial charge < -0.3 is 0 Å². The minimum atomic E-state index is 0.447. The number of fused-ring (bicyclic) bond motifs is 2. The molecule has 0 spiro atoms. The lowest BCUT2D eigenvalue weighted by Crippen LogP contribution is -2.27. The molecule has 2 bridgehead atoms. The molecule has 0 heteroatoms. The van der Waals surface area contributed by atoms with Gasteiger partial charge in [0.15, 0.2) is 0 Å². The Hall–Kier alpha value is -0.260. The number of hydrogen-bond acceptors (Lipinski definition) is 0. The molecule has 0 heterocycles. The molecule has 0 radical (unpaired) electrons. The first-order valence-corrected chi connectivity index (χ1v) is 4.72. The monoisotopic (exact) mass is 150 g/mol. The van der Waals surface area contributed by atoms with E-state index < -0.39 is 0 Å². The molecular formula is C11H18. The van der Waals surface area contributed by atoms with Crippen molar-refractivity contribution in [3.8, 4) is 0 Å². The second kappa shape index (κ2) is 1.91. The molecule has 0 saturated heterocycles. The number of rotatable bonds is 0. The molecule has 11 heavy (non-hydrogen) atoms. The quantitative estimate of drug-likeness (QED) is 0.465. The van der Waals surface area contributed by atoms with Gasteiger partial charge in [-0.3, -0.25) is 0 Å². The van der Waals surface area contributed by atoms with Crippen LogP contribution < -0.4 is 0 Å². The van der Waals surface area contributed by atoms with Crippen LogP contribution in [0.25, 0.3) is 0 Å². The summed E-state index contributed by atoms with van der Waals surface area (Å²) in [7, 11) is 0. The summed E-state index contributed by atoms with van der Waals surface area (Å²) in [5, 5.41) is 0. The first-order valence-electron chi connectivity index (χ1n) is 4.72. The standard InChI is InChI=1S/C11H18/c1-7-5-9-6-10(7)11(3,4)8(9)2/h7,9-10H,2,5-6H2,1,3-4H3. The SMILES string of the molecule is C=C1C2CC(C)C(C2)C1(C)C. The average molecular weight is 150 g/mol. The lowest BCUT2D eigenvalue weighted by atomic mass is 9.69. The van der Waals surface area contributed by atoms with Gasteiger partial charge in [0.05, 0.1) is 0 Å². The first kappa shape index (κ1) is 7.39. The summed E-state index contributed by atoms with van der Waals surface area (Å²) in [6, 6.07) is 0. The fourth-order valence-electron chi connectivity index (χ4n) is 3.30. The van der Waals surface area contributed by atoms with Crippen molar-refractivity contribution in [2.75, 3.05) is 0 Å². The molecule has 2 saturated carbocycles. The van der Waals surface area contributed by atoms with Gasteiger partial charge in [-0.15, -0.1) is 0 Å². The highest BCUT2D eigenvalue weighted by molar-refractivity contribution is 5.23. The van der Waals surface area contributed by atoms with Gasteiger partial charge in [-0.2, -0.15) is 0 Å². The van der Waals surface area contributed by atoms with Crippen LogP contribution >= 0.6 is 0 Å². The van der Waals surface area contributed by atoms with E-state index in [4.69, 9.17) is 0 Å². The second-order valence-corrected chi connectivity index (χ2v) is 5.00. The summed E-state index contributed by atoms with van der Waals surface area (Å²) in [5.41, 5.74) is 1.98. The Morgan fingerprint density at radius 1 is 1.36 bits per heavy atom. The number of hydrogen-bond donors (Lipinski definition) is 0. The minimum Gasteiger partial charge on any atom is -0.0990 e. The van der Waals surface area contributed by atoms with E-state index in [-0.39, 0.29) is 0 Å². The Bertz CT molecular complexity index is 200. The Kier molecular flexibility index (Phi) is 1.28. The van der Waals surface area contributed by atoms with E-state index in [1.54, 1.807) is 0 Å². The third-order valence-corrected chi connectivity index (χ3v) is 4.13. The van der Waals surface area contributed by atoms with Crippen molar-refractivity contribution in [2.24, 2.45) is 23.2 Å². The maximum absolute atomic E-state index is 4.22. The van der Waals surface area contributed by atoms with Crippen molar-refractivity contribution < 1.29 is 0 Å². The largest absolute Gasteiger partial charge is 0.0990 e. The van der Waals surface area contributed by atoms with Crippen molar-refractivity contribution in [3.63, 3.8) is 0 Å². The van der Waals surface area contributed by atoms with Crippen molar-refractivity contribution in [1.82, 2.24) is 0 Å². The van der Waals surface area contributed by atoms with Crippen molar-refractivity contribution in [2.45, 2.75) is 33.6 Å². The van der Waals surface area contributed by atoms with Crippen LogP contribution in [0.15, 0.2) is 12.2 Å². The van der Waals surface area contributed by atoms with Gasteiger partial charge in [-0.1, -0.05) is 32.9 Å². The van der Waals surface area contributed by atoms with Crippen LogP contribution in [0, 0.1) is 23.2 Å². The molecule has 0 aromatic heterocycles. The van der Waals surface area contributed by atoms with Crippen molar-refractivity contribution >= 4 is 0 Å². The van der Waals surface area contributed by atoms with E-state index in [0.29, 0.717) is 5.41 Å². The van der Waals surface area contributed by atoms with Crippen molar-refractivity contribution in [3.05, 3.63) is 12.2 Å². The van der Waals surface area contributed by atoms with E-state index in [0.717, 1.165) is 17.8 Å².